The van der Waals surface area contributed by atoms with Crippen molar-refractivity contribution in [1.82, 2.24) is 0 Å². The smallest absolute Gasteiger partial charge is 0.276 e. The van der Waals surface area contributed by atoms with Crippen LogP contribution in [0, 0.1) is 6.92 Å². The second kappa shape index (κ2) is 6.29. The van der Waals surface area contributed by atoms with E-state index in [-0.39, 0.29) is 5.78 Å². The van der Waals surface area contributed by atoms with Crippen LogP contribution in [-0.2, 0) is 0 Å². The molecular weight excluding hydrogens is 304 g/mol. The molecule has 2 N–H and O–H groups in total. The van der Waals surface area contributed by atoms with Crippen molar-refractivity contribution in [2.24, 2.45) is 0 Å². The van der Waals surface area contributed by atoms with Gasteiger partial charge in [-0.2, -0.15) is 0 Å². The first-order valence-corrected chi connectivity index (χ1v) is 6.66. The lowest BCUT2D eigenvalue weighted by Crippen LogP contribution is -2.12. The number of anilines is 1. The van der Waals surface area contributed by atoms with Crippen LogP contribution in [-0.4, -0.2) is 5.78 Å². The van der Waals surface area contributed by atoms with Gasteiger partial charge in [0.2, 0.25) is 0 Å². The van der Waals surface area contributed by atoms with Gasteiger partial charge in [-0.3, -0.25) is 4.79 Å². The van der Waals surface area contributed by atoms with Crippen LogP contribution < -0.4 is 10.3 Å². The number of benzene rings is 1. The number of hydrogen-bond acceptors (Lipinski definition) is 2. The molecule has 2 rings (SSSR count). The Labute approximate surface area is 120 Å². The summed E-state index contributed by atoms with van der Waals surface area (Å²) in [6.45, 7) is 1.97. The maximum atomic E-state index is 11.9. The summed E-state index contributed by atoms with van der Waals surface area (Å²) < 4.78 is 0.959. The van der Waals surface area contributed by atoms with E-state index < -0.39 is 0 Å². The van der Waals surface area contributed by atoms with Gasteiger partial charge in [-0.15, -0.1) is 0 Å². The topological polar surface area (TPSA) is 43.2 Å². The van der Waals surface area contributed by atoms with E-state index in [1.165, 1.54) is 6.08 Å². The second-order valence-corrected chi connectivity index (χ2v) is 5.01. The van der Waals surface area contributed by atoms with Gasteiger partial charge in [0.05, 0.1) is 11.9 Å². The molecule has 0 saturated heterocycles. The Morgan fingerprint density at radius 3 is 2.63 bits per heavy atom. The van der Waals surface area contributed by atoms with Gasteiger partial charge in [0, 0.05) is 22.2 Å². The molecule has 0 spiro atoms. The normalized spacial score (nSPS) is 10.6. The Bertz CT molecular complexity index is 606. The molecule has 0 fully saturated rings. The summed E-state index contributed by atoms with van der Waals surface area (Å²) in [6, 6.07) is 13.1. The first kappa shape index (κ1) is 13.5. The van der Waals surface area contributed by atoms with Gasteiger partial charge >= 0.3 is 0 Å². The Hall–Kier alpha value is -1.94. The lowest BCUT2D eigenvalue weighted by molar-refractivity contribution is -0.370. The number of pyridine rings is 1. The summed E-state index contributed by atoms with van der Waals surface area (Å²) in [4.78, 5) is 15.0. The van der Waals surface area contributed by atoms with E-state index in [1.807, 2.05) is 37.3 Å². The molecular formula is C15H14BrN2O+. The van der Waals surface area contributed by atoms with Crippen LogP contribution >= 0.6 is 15.9 Å². The van der Waals surface area contributed by atoms with Crippen molar-refractivity contribution in [3.8, 4) is 0 Å². The molecule has 0 aliphatic rings. The molecule has 1 aromatic carbocycles. The highest BCUT2D eigenvalue weighted by Gasteiger charge is 2.02. The zero-order chi connectivity index (χ0) is 13.7. The van der Waals surface area contributed by atoms with Crippen LogP contribution in [0.1, 0.15) is 16.1 Å². The van der Waals surface area contributed by atoms with Crippen molar-refractivity contribution in [2.75, 3.05) is 5.32 Å². The van der Waals surface area contributed by atoms with Crippen LogP contribution in [0.25, 0.3) is 0 Å². The maximum absolute atomic E-state index is 11.9. The third-order valence-electron chi connectivity index (χ3n) is 2.54. The molecule has 19 heavy (non-hydrogen) atoms. The van der Waals surface area contributed by atoms with Gasteiger partial charge in [-0.25, -0.2) is 10.3 Å². The fourth-order valence-electron chi connectivity index (χ4n) is 1.59. The standard InChI is InChI=1S/C15H13BrN2O/c1-11-3-2-4-15(18-11)17-10-9-14(19)12-5-7-13(16)8-6-12/h2-10H,1H3,(H,17,18)/p+1/b10-9+. The van der Waals surface area contributed by atoms with Crippen molar-refractivity contribution >= 4 is 27.5 Å². The van der Waals surface area contributed by atoms with Gasteiger partial charge in [0.1, 0.15) is 0 Å². The highest BCUT2D eigenvalue weighted by molar-refractivity contribution is 9.10. The summed E-state index contributed by atoms with van der Waals surface area (Å²) >= 11 is 3.34. The molecule has 0 atom stereocenters. The second-order valence-electron chi connectivity index (χ2n) is 4.10. The number of carbonyl (C=O) groups excluding carboxylic acids is 1. The molecule has 0 saturated carbocycles. The molecule has 96 valence electrons. The average molecular weight is 318 g/mol. The average Bonchev–Trinajstić information content (AvgIpc) is 2.39. The molecule has 0 unspecified atom stereocenters. The molecule has 0 bridgehead atoms. The minimum absolute atomic E-state index is 0.0346. The van der Waals surface area contributed by atoms with Gasteiger partial charge in [-0.1, -0.05) is 22.0 Å². The van der Waals surface area contributed by atoms with Crippen molar-refractivity contribution in [3.63, 3.8) is 0 Å². The fraction of sp³-hybridized carbons (Fsp3) is 0.0667. The lowest BCUT2D eigenvalue weighted by Gasteiger charge is -1.96. The van der Waals surface area contributed by atoms with E-state index in [2.05, 4.69) is 26.2 Å². The molecule has 0 radical (unpaired) electrons. The maximum Gasteiger partial charge on any atom is 0.276 e. The molecule has 2 aromatic rings. The number of nitrogens with one attached hydrogen (secondary N) is 2. The van der Waals surface area contributed by atoms with Crippen LogP contribution in [0.4, 0.5) is 5.82 Å². The van der Waals surface area contributed by atoms with E-state index in [4.69, 9.17) is 0 Å². The van der Waals surface area contributed by atoms with Gasteiger partial charge in [-0.05, 0) is 37.3 Å². The van der Waals surface area contributed by atoms with Crippen molar-refractivity contribution in [3.05, 3.63) is 70.5 Å². The van der Waals surface area contributed by atoms with E-state index in [0.717, 1.165) is 16.0 Å². The van der Waals surface area contributed by atoms with Crippen LogP contribution in [0.5, 0.6) is 0 Å². The number of aromatic nitrogens is 1. The molecule has 0 aliphatic carbocycles. The molecule has 1 heterocycles. The minimum Gasteiger partial charge on any atom is -0.289 e. The van der Waals surface area contributed by atoms with E-state index in [0.29, 0.717) is 5.56 Å². The number of hydrogen-bond donors (Lipinski definition) is 1. The summed E-state index contributed by atoms with van der Waals surface area (Å²) in [5, 5.41) is 3.03. The summed E-state index contributed by atoms with van der Waals surface area (Å²) in [6.07, 6.45) is 3.15. The largest absolute Gasteiger partial charge is 0.289 e. The number of rotatable bonds is 4. The highest BCUT2D eigenvalue weighted by Crippen LogP contribution is 2.11. The first-order chi connectivity index (χ1) is 9.15. The van der Waals surface area contributed by atoms with E-state index in [1.54, 1.807) is 18.3 Å². The fourth-order valence-corrected chi connectivity index (χ4v) is 1.85. The number of ketones is 1. The number of allylic oxidation sites excluding steroid dienone is 1. The number of halogens is 1. The molecule has 1 aromatic heterocycles. The van der Waals surface area contributed by atoms with E-state index in [9.17, 15) is 4.79 Å². The molecule has 0 amide bonds. The van der Waals surface area contributed by atoms with Gasteiger partial charge in [0.25, 0.3) is 5.82 Å². The van der Waals surface area contributed by atoms with Crippen molar-refractivity contribution < 1.29 is 9.78 Å². The van der Waals surface area contributed by atoms with Gasteiger partial charge in [0.15, 0.2) is 5.78 Å². The number of aryl methyl sites for hydroxylation is 1. The third kappa shape index (κ3) is 4.03. The zero-order valence-electron chi connectivity index (χ0n) is 10.5. The Morgan fingerprint density at radius 1 is 1.21 bits per heavy atom. The Balaban J connectivity index is 1.99. The molecule has 4 heteroatoms. The number of carbonyl (C=O) groups is 1. The molecule has 0 aliphatic heterocycles. The minimum atomic E-state index is -0.0346. The number of H-pyrrole nitrogens is 1. The summed E-state index contributed by atoms with van der Waals surface area (Å²) in [5.74, 6) is 0.813. The SMILES string of the molecule is Cc1cccc(N/C=C/C(=O)c2ccc(Br)cc2)[nH+]1. The first-order valence-electron chi connectivity index (χ1n) is 5.87. The lowest BCUT2D eigenvalue weighted by atomic mass is 10.1. The highest BCUT2D eigenvalue weighted by atomic mass is 79.9. The van der Waals surface area contributed by atoms with Gasteiger partial charge < -0.3 is 0 Å². The van der Waals surface area contributed by atoms with E-state index >= 15 is 0 Å². The van der Waals surface area contributed by atoms with Crippen LogP contribution in [0.2, 0.25) is 0 Å². The predicted octanol–water partition coefficient (Wildman–Crippen LogP) is 3.38. The van der Waals surface area contributed by atoms with Crippen molar-refractivity contribution in [2.45, 2.75) is 6.92 Å². The third-order valence-corrected chi connectivity index (χ3v) is 3.07. The Morgan fingerprint density at radius 2 is 1.95 bits per heavy atom. The Kier molecular flexibility index (Phi) is 4.47. The predicted molar refractivity (Wildman–Crippen MR) is 79.0 cm³/mol. The molecule has 3 nitrogen and oxygen atoms in total. The van der Waals surface area contributed by atoms with Crippen LogP contribution in [0.15, 0.2) is 59.2 Å². The van der Waals surface area contributed by atoms with Crippen LogP contribution in [0.3, 0.4) is 0 Å². The van der Waals surface area contributed by atoms with Crippen molar-refractivity contribution in [1.29, 1.82) is 0 Å². The monoisotopic (exact) mass is 317 g/mol. The summed E-state index contributed by atoms with van der Waals surface area (Å²) in [7, 11) is 0. The quantitative estimate of drug-likeness (QED) is 0.694. The zero-order valence-corrected chi connectivity index (χ0v) is 12.1. The summed E-state index contributed by atoms with van der Waals surface area (Å²) in [5.41, 5.74) is 1.71. The number of aromatic amines is 1.